The number of rotatable bonds is 1. The monoisotopic (exact) mass is 233 g/mol. The van der Waals surface area contributed by atoms with Crippen LogP contribution >= 0.6 is 0 Å². The van der Waals surface area contributed by atoms with Crippen LogP contribution < -0.4 is 15.2 Å². The SMILES string of the molecule is CC1(C)CC(N)(c2ccc3c(c2)OCCO3)C1. The van der Waals surface area contributed by atoms with Gasteiger partial charge in [0.15, 0.2) is 11.5 Å². The molecule has 92 valence electrons. The number of ether oxygens (including phenoxy) is 2. The fraction of sp³-hybridized carbons (Fsp3) is 0.571. The molecule has 0 unspecified atom stereocenters. The summed E-state index contributed by atoms with van der Waals surface area (Å²) in [5.74, 6) is 1.67. The van der Waals surface area contributed by atoms with Crippen LogP contribution in [0.3, 0.4) is 0 Å². The summed E-state index contributed by atoms with van der Waals surface area (Å²) < 4.78 is 11.1. The number of nitrogens with two attached hydrogens (primary N) is 1. The van der Waals surface area contributed by atoms with Gasteiger partial charge in [0.1, 0.15) is 13.2 Å². The summed E-state index contributed by atoms with van der Waals surface area (Å²) in [5.41, 5.74) is 7.79. The Balaban J connectivity index is 1.90. The van der Waals surface area contributed by atoms with Gasteiger partial charge in [-0.3, -0.25) is 0 Å². The van der Waals surface area contributed by atoms with Crippen molar-refractivity contribution in [2.24, 2.45) is 11.1 Å². The minimum absolute atomic E-state index is 0.181. The van der Waals surface area contributed by atoms with E-state index in [1.807, 2.05) is 12.1 Å². The van der Waals surface area contributed by atoms with Gasteiger partial charge >= 0.3 is 0 Å². The molecule has 1 aromatic carbocycles. The van der Waals surface area contributed by atoms with Crippen LogP contribution in [0.1, 0.15) is 32.3 Å². The molecule has 0 radical (unpaired) electrons. The summed E-state index contributed by atoms with van der Waals surface area (Å²) >= 11 is 0. The van der Waals surface area contributed by atoms with Crippen molar-refractivity contribution in [3.63, 3.8) is 0 Å². The van der Waals surface area contributed by atoms with Crippen LogP contribution in [0.25, 0.3) is 0 Å². The molecule has 1 heterocycles. The highest BCUT2D eigenvalue weighted by Gasteiger charge is 2.47. The van der Waals surface area contributed by atoms with Gasteiger partial charge in [-0.15, -0.1) is 0 Å². The van der Waals surface area contributed by atoms with E-state index in [-0.39, 0.29) is 5.54 Å². The van der Waals surface area contributed by atoms with Gasteiger partial charge in [0.05, 0.1) is 0 Å². The first-order valence-corrected chi connectivity index (χ1v) is 6.18. The molecular weight excluding hydrogens is 214 g/mol. The van der Waals surface area contributed by atoms with Gasteiger partial charge in [0.2, 0.25) is 0 Å². The predicted molar refractivity (Wildman–Crippen MR) is 66.3 cm³/mol. The molecule has 1 fully saturated rings. The molecule has 0 saturated heterocycles. The Hall–Kier alpha value is -1.22. The third-order valence-corrected chi connectivity index (χ3v) is 3.71. The first-order valence-electron chi connectivity index (χ1n) is 6.18. The maximum Gasteiger partial charge on any atom is 0.161 e. The van der Waals surface area contributed by atoms with Crippen molar-refractivity contribution in [1.82, 2.24) is 0 Å². The minimum atomic E-state index is -0.181. The molecule has 3 nitrogen and oxygen atoms in total. The number of hydrogen-bond donors (Lipinski definition) is 1. The zero-order valence-corrected chi connectivity index (χ0v) is 10.5. The van der Waals surface area contributed by atoms with Gasteiger partial charge in [0.25, 0.3) is 0 Å². The molecule has 3 rings (SSSR count). The summed E-state index contributed by atoms with van der Waals surface area (Å²) in [5, 5.41) is 0. The van der Waals surface area contributed by atoms with Gasteiger partial charge in [-0.2, -0.15) is 0 Å². The van der Waals surface area contributed by atoms with E-state index in [1.54, 1.807) is 0 Å². The summed E-state index contributed by atoms with van der Waals surface area (Å²) in [4.78, 5) is 0. The van der Waals surface area contributed by atoms with Gasteiger partial charge in [-0.1, -0.05) is 19.9 Å². The Kier molecular flexibility index (Phi) is 2.17. The Morgan fingerprint density at radius 1 is 1.06 bits per heavy atom. The largest absolute Gasteiger partial charge is 0.486 e. The van der Waals surface area contributed by atoms with Crippen LogP contribution in [0, 0.1) is 5.41 Å². The first-order chi connectivity index (χ1) is 7.99. The van der Waals surface area contributed by atoms with Crippen LogP contribution in [-0.2, 0) is 5.54 Å². The van der Waals surface area contributed by atoms with Gasteiger partial charge < -0.3 is 15.2 Å². The van der Waals surface area contributed by atoms with E-state index in [9.17, 15) is 0 Å². The molecular formula is C14H19NO2. The second kappa shape index (κ2) is 3.39. The highest BCUT2D eigenvalue weighted by atomic mass is 16.6. The van der Waals surface area contributed by atoms with Crippen LogP contribution in [-0.4, -0.2) is 13.2 Å². The summed E-state index contributed by atoms with van der Waals surface area (Å²) in [7, 11) is 0. The van der Waals surface area contributed by atoms with Gasteiger partial charge in [-0.05, 0) is 36.0 Å². The van der Waals surface area contributed by atoms with E-state index in [4.69, 9.17) is 15.2 Å². The Bertz CT molecular complexity index is 446. The van der Waals surface area contributed by atoms with Crippen molar-refractivity contribution in [3.05, 3.63) is 23.8 Å². The fourth-order valence-corrected chi connectivity index (χ4v) is 3.21. The number of fused-ring (bicyclic) bond motifs is 1. The molecule has 0 bridgehead atoms. The Morgan fingerprint density at radius 3 is 2.35 bits per heavy atom. The normalized spacial score (nSPS) is 23.9. The maximum absolute atomic E-state index is 6.44. The predicted octanol–water partition coefficient (Wildman–Crippen LogP) is 2.43. The molecule has 2 aliphatic rings. The molecule has 0 aromatic heterocycles. The second-order valence-corrected chi connectivity index (χ2v) is 6.03. The topological polar surface area (TPSA) is 44.5 Å². The summed E-state index contributed by atoms with van der Waals surface area (Å²) in [6, 6.07) is 6.09. The highest BCUT2D eigenvalue weighted by molar-refractivity contribution is 5.46. The second-order valence-electron chi connectivity index (χ2n) is 6.03. The van der Waals surface area contributed by atoms with E-state index in [0.717, 1.165) is 24.3 Å². The lowest BCUT2D eigenvalue weighted by atomic mass is 9.57. The van der Waals surface area contributed by atoms with Crippen molar-refractivity contribution in [2.45, 2.75) is 32.2 Å². The van der Waals surface area contributed by atoms with Crippen molar-refractivity contribution in [1.29, 1.82) is 0 Å². The van der Waals surface area contributed by atoms with E-state index in [2.05, 4.69) is 19.9 Å². The van der Waals surface area contributed by atoms with Crippen molar-refractivity contribution < 1.29 is 9.47 Å². The minimum Gasteiger partial charge on any atom is -0.486 e. The number of benzene rings is 1. The quantitative estimate of drug-likeness (QED) is 0.810. The van der Waals surface area contributed by atoms with E-state index in [0.29, 0.717) is 18.6 Å². The molecule has 0 spiro atoms. The zero-order chi connectivity index (χ0) is 12.1. The van der Waals surface area contributed by atoms with Gasteiger partial charge in [-0.25, -0.2) is 0 Å². The molecule has 1 aliphatic carbocycles. The standard InChI is InChI=1S/C14H19NO2/c1-13(2)8-14(15,9-13)10-3-4-11-12(7-10)17-6-5-16-11/h3-4,7H,5-6,8-9,15H2,1-2H3. The highest BCUT2D eigenvalue weighted by Crippen LogP contribution is 2.52. The molecule has 0 atom stereocenters. The number of hydrogen-bond acceptors (Lipinski definition) is 3. The molecule has 1 aromatic rings. The Labute approximate surface area is 102 Å². The van der Waals surface area contributed by atoms with Crippen LogP contribution in [0.4, 0.5) is 0 Å². The van der Waals surface area contributed by atoms with Crippen molar-refractivity contribution in [2.75, 3.05) is 13.2 Å². The average Bonchev–Trinajstić information content (AvgIpc) is 2.25. The first kappa shape index (κ1) is 10.9. The van der Waals surface area contributed by atoms with Crippen LogP contribution in [0.15, 0.2) is 18.2 Å². The smallest absolute Gasteiger partial charge is 0.161 e. The molecule has 17 heavy (non-hydrogen) atoms. The van der Waals surface area contributed by atoms with Gasteiger partial charge in [0, 0.05) is 5.54 Å². The third kappa shape index (κ3) is 1.78. The third-order valence-electron chi connectivity index (χ3n) is 3.71. The van der Waals surface area contributed by atoms with Crippen molar-refractivity contribution in [3.8, 4) is 11.5 Å². The van der Waals surface area contributed by atoms with E-state index >= 15 is 0 Å². The Morgan fingerprint density at radius 2 is 1.71 bits per heavy atom. The zero-order valence-electron chi connectivity index (χ0n) is 10.5. The lowest BCUT2D eigenvalue weighted by molar-refractivity contribution is 0.0613. The van der Waals surface area contributed by atoms with Crippen LogP contribution in [0.5, 0.6) is 11.5 Å². The van der Waals surface area contributed by atoms with E-state index < -0.39 is 0 Å². The summed E-state index contributed by atoms with van der Waals surface area (Å²) in [6.45, 7) is 5.78. The maximum atomic E-state index is 6.44. The average molecular weight is 233 g/mol. The molecule has 1 aliphatic heterocycles. The molecule has 3 heteroatoms. The van der Waals surface area contributed by atoms with Crippen LogP contribution in [0.2, 0.25) is 0 Å². The lowest BCUT2D eigenvalue weighted by Crippen LogP contribution is -2.53. The fourth-order valence-electron chi connectivity index (χ4n) is 3.21. The molecule has 0 amide bonds. The lowest BCUT2D eigenvalue weighted by Gasteiger charge is -2.51. The van der Waals surface area contributed by atoms with Crippen molar-refractivity contribution >= 4 is 0 Å². The summed E-state index contributed by atoms with van der Waals surface area (Å²) in [6.07, 6.45) is 2.05. The molecule has 2 N–H and O–H groups in total. The van der Waals surface area contributed by atoms with E-state index in [1.165, 1.54) is 5.56 Å². The molecule has 1 saturated carbocycles.